The van der Waals surface area contributed by atoms with Gasteiger partial charge in [0.15, 0.2) is 0 Å². The lowest BCUT2D eigenvalue weighted by atomic mass is 9.97. The second kappa shape index (κ2) is 6.44. The van der Waals surface area contributed by atoms with Gasteiger partial charge >= 0.3 is 0 Å². The molecule has 12 heavy (non-hydrogen) atoms. The Bertz CT molecular complexity index is 94.0. The van der Waals surface area contributed by atoms with Crippen molar-refractivity contribution >= 4 is 0 Å². The molecule has 0 aromatic heterocycles. The van der Waals surface area contributed by atoms with Gasteiger partial charge in [0.25, 0.3) is 0 Å². The van der Waals surface area contributed by atoms with E-state index in [-0.39, 0.29) is 0 Å². The van der Waals surface area contributed by atoms with Crippen molar-refractivity contribution in [2.24, 2.45) is 5.92 Å². The molecule has 0 radical (unpaired) electrons. The molecule has 1 aliphatic heterocycles. The normalized spacial score (nSPS) is 30.8. The topological polar surface area (TPSA) is 15.3 Å². The minimum Gasteiger partial charge on any atom is -0.305 e. The van der Waals surface area contributed by atoms with E-state index >= 15 is 0 Å². The summed E-state index contributed by atoms with van der Waals surface area (Å²) in [7, 11) is 4.24. The Morgan fingerprint density at radius 3 is 2.25 bits per heavy atom. The predicted octanol–water partition coefficient (Wildman–Crippen LogP) is 1.92. The van der Waals surface area contributed by atoms with E-state index in [1.54, 1.807) is 0 Å². The lowest BCUT2D eigenvalue weighted by Crippen LogP contribution is -2.49. The smallest absolute Gasteiger partial charge is 0.0618 e. The highest BCUT2D eigenvalue weighted by atomic mass is 15.2. The van der Waals surface area contributed by atoms with Crippen LogP contribution in [0, 0.1) is 5.92 Å². The van der Waals surface area contributed by atoms with Crippen LogP contribution in [0.15, 0.2) is 0 Å². The zero-order valence-corrected chi connectivity index (χ0v) is 9.22. The van der Waals surface area contributed by atoms with E-state index in [1.807, 2.05) is 20.9 Å². The third kappa shape index (κ3) is 3.11. The van der Waals surface area contributed by atoms with Gasteiger partial charge in [-0.15, -0.1) is 0 Å². The SMILES string of the molecule is CC.CNC1C(C)CCCN1C. The Morgan fingerprint density at radius 1 is 1.33 bits per heavy atom. The summed E-state index contributed by atoms with van der Waals surface area (Å²) >= 11 is 0. The molecule has 1 aliphatic rings. The maximum Gasteiger partial charge on any atom is 0.0618 e. The molecule has 0 spiro atoms. The second-order valence-electron chi connectivity index (χ2n) is 3.33. The van der Waals surface area contributed by atoms with E-state index in [4.69, 9.17) is 0 Å². The molecular weight excluding hydrogens is 148 g/mol. The van der Waals surface area contributed by atoms with Crippen LogP contribution in [0.25, 0.3) is 0 Å². The average molecular weight is 172 g/mol. The number of nitrogens with zero attached hydrogens (tertiary/aromatic N) is 1. The Hall–Kier alpha value is -0.0800. The minimum atomic E-state index is 0.605. The summed E-state index contributed by atoms with van der Waals surface area (Å²) in [5.41, 5.74) is 0. The first-order valence-corrected chi connectivity index (χ1v) is 5.13. The molecule has 0 saturated carbocycles. The van der Waals surface area contributed by atoms with E-state index < -0.39 is 0 Å². The highest BCUT2D eigenvalue weighted by molar-refractivity contribution is 4.76. The molecule has 2 unspecified atom stereocenters. The summed E-state index contributed by atoms with van der Waals surface area (Å²) < 4.78 is 0. The van der Waals surface area contributed by atoms with Crippen LogP contribution >= 0.6 is 0 Å². The van der Waals surface area contributed by atoms with Gasteiger partial charge in [0.05, 0.1) is 6.17 Å². The molecule has 2 nitrogen and oxygen atoms in total. The van der Waals surface area contributed by atoms with Crippen molar-refractivity contribution in [1.82, 2.24) is 10.2 Å². The second-order valence-corrected chi connectivity index (χ2v) is 3.33. The number of piperidine rings is 1. The molecule has 1 fully saturated rings. The highest BCUT2D eigenvalue weighted by Crippen LogP contribution is 2.18. The number of hydrogen-bond donors (Lipinski definition) is 1. The van der Waals surface area contributed by atoms with Gasteiger partial charge in [-0.05, 0) is 39.4 Å². The molecule has 0 aliphatic carbocycles. The largest absolute Gasteiger partial charge is 0.305 e. The van der Waals surface area contributed by atoms with Crippen LogP contribution in [-0.4, -0.2) is 31.7 Å². The average Bonchev–Trinajstić information content (AvgIpc) is 2.08. The van der Waals surface area contributed by atoms with E-state index in [9.17, 15) is 0 Å². The van der Waals surface area contributed by atoms with Crippen LogP contribution in [0.3, 0.4) is 0 Å². The van der Waals surface area contributed by atoms with E-state index in [1.165, 1.54) is 19.4 Å². The molecule has 2 atom stereocenters. The van der Waals surface area contributed by atoms with Crippen molar-refractivity contribution in [3.05, 3.63) is 0 Å². The van der Waals surface area contributed by atoms with Gasteiger partial charge in [0.1, 0.15) is 0 Å². The van der Waals surface area contributed by atoms with Crippen molar-refractivity contribution in [3.8, 4) is 0 Å². The van der Waals surface area contributed by atoms with Gasteiger partial charge in [-0.3, -0.25) is 4.90 Å². The maximum atomic E-state index is 3.33. The standard InChI is InChI=1S/C8H18N2.C2H6/c1-7-5-4-6-10(3)8(7)9-2;1-2/h7-9H,4-6H2,1-3H3;1-2H3. The fourth-order valence-electron chi connectivity index (χ4n) is 1.90. The summed E-state index contributed by atoms with van der Waals surface area (Å²) in [6.45, 7) is 7.56. The van der Waals surface area contributed by atoms with E-state index in [0.29, 0.717) is 6.17 Å². The van der Waals surface area contributed by atoms with E-state index in [2.05, 4.69) is 24.2 Å². The predicted molar refractivity (Wildman–Crippen MR) is 55.2 cm³/mol. The van der Waals surface area contributed by atoms with Crippen molar-refractivity contribution in [2.75, 3.05) is 20.6 Å². The van der Waals surface area contributed by atoms with Crippen LogP contribution in [0.1, 0.15) is 33.6 Å². The summed E-state index contributed by atoms with van der Waals surface area (Å²) in [6.07, 6.45) is 3.33. The van der Waals surface area contributed by atoms with Crippen LogP contribution in [0.5, 0.6) is 0 Å². The van der Waals surface area contributed by atoms with E-state index in [0.717, 1.165) is 5.92 Å². The van der Waals surface area contributed by atoms with Gasteiger partial charge < -0.3 is 5.32 Å². The Labute approximate surface area is 77.3 Å². The zero-order chi connectivity index (χ0) is 9.56. The van der Waals surface area contributed by atoms with Gasteiger partial charge in [-0.25, -0.2) is 0 Å². The first-order valence-electron chi connectivity index (χ1n) is 5.13. The quantitative estimate of drug-likeness (QED) is 0.650. The van der Waals surface area contributed by atoms with Gasteiger partial charge in [-0.2, -0.15) is 0 Å². The molecular formula is C10H24N2. The van der Waals surface area contributed by atoms with Crippen molar-refractivity contribution in [3.63, 3.8) is 0 Å². The number of rotatable bonds is 1. The fraction of sp³-hybridized carbons (Fsp3) is 1.00. The van der Waals surface area contributed by atoms with Crippen molar-refractivity contribution < 1.29 is 0 Å². The highest BCUT2D eigenvalue weighted by Gasteiger charge is 2.23. The third-order valence-electron chi connectivity index (χ3n) is 2.48. The molecule has 74 valence electrons. The lowest BCUT2D eigenvalue weighted by molar-refractivity contribution is 0.109. The molecule has 2 heteroatoms. The molecule has 0 aromatic carbocycles. The Kier molecular flexibility index (Phi) is 6.39. The molecule has 0 amide bonds. The van der Waals surface area contributed by atoms with Gasteiger partial charge in [0.2, 0.25) is 0 Å². The minimum absolute atomic E-state index is 0.605. The van der Waals surface area contributed by atoms with Gasteiger partial charge in [-0.1, -0.05) is 20.8 Å². The van der Waals surface area contributed by atoms with Crippen LogP contribution in [0.4, 0.5) is 0 Å². The lowest BCUT2D eigenvalue weighted by Gasteiger charge is -2.37. The van der Waals surface area contributed by atoms with Crippen LogP contribution < -0.4 is 5.32 Å². The summed E-state index contributed by atoms with van der Waals surface area (Å²) in [5.74, 6) is 0.809. The van der Waals surface area contributed by atoms with Crippen molar-refractivity contribution in [1.29, 1.82) is 0 Å². The number of hydrogen-bond acceptors (Lipinski definition) is 2. The van der Waals surface area contributed by atoms with Gasteiger partial charge in [0, 0.05) is 0 Å². The molecule has 0 aromatic rings. The van der Waals surface area contributed by atoms with Crippen LogP contribution in [0.2, 0.25) is 0 Å². The first kappa shape index (κ1) is 11.9. The van der Waals surface area contributed by atoms with Crippen LogP contribution in [-0.2, 0) is 0 Å². The summed E-state index contributed by atoms with van der Waals surface area (Å²) in [4.78, 5) is 2.40. The third-order valence-corrected chi connectivity index (χ3v) is 2.48. The Balaban J connectivity index is 0.000000561. The van der Waals surface area contributed by atoms with Crippen molar-refractivity contribution in [2.45, 2.75) is 39.8 Å². The molecule has 1 rings (SSSR count). The number of nitrogens with one attached hydrogen (secondary N) is 1. The molecule has 1 heterocycles. The summed E-state index contributed by atoms with van der Waals surface area (Å²) in [6, 6.07) is 0. The molecule has 1 N–H and O–H groups in total. The zero-order valence-electron chi connectivity index (χ0n) is 9.22. The first-order chi connectivity index (χ1) is 5.75. The number of likely N-dealkylation sites (tertiary alicyclic amines) is 1. The fourth-order valence-corrected chi connectivity index (χ4v) is 1.90. The summed E-state index contributed by atoms with van der Waals surface area (Å²) in [5, 5.41) is 3.33. The maximum absolute atomic E-state index is 3.33. The molecule has 1 saturated heterocycles. The Morgan fingerprint density at radius 2 is 1.92 bits per heavy atom. The molecule has 0 bridgehead atoms. The monoisotopic (exact) mass is 172 g/mol.